The Kier molecular flexibility index (Phi) is 3.10. The summed E-state index contributed by atoms with van der Waals surface area (Å²) in [5.41, 5.74) is -0.317. The van der Waals surface area contributed by atoms with E-state index >= 15 is 0 Å². The van der Waals surface area contributed by atoms with Gasteiger partial charge in [0.25, 0.3) is 0 Å². The minimum atomic E-state index is -0.317. The van der Waals surface area contributed by atoms with Crippen molar-refractivity contribution in [2.45, 2.75) is 33.2 Å². The van der Waals surface area contributed by atoms with Crippen LogP contribution in [0.4, 0.5) is 0 Å². The smallest absolute Gasteiger partial charge is 0.230 e. The molecule has 1 N–H and O–H groups in total. The first-order valence-electron chi connectivity index (χ1n) is 3.53. The second-order valence-electron chi connectivity index (χ2n) is 3.23. The number of hydrogen-bond donors (Lipinski definition) is 1. The van der Waals surface area contributed by atoms with Gasteiger partial charge < -0.3 is 10.4 Å². The average Bonchev–Trinajstić information content (AvgIpc) is 1.86. The van der Waals surface area contributed by atoms with Crippen molar-refractivity contribution in [1.29, 1.82) is 0 Å². The van der Waals surface area contributed by atoms with Crippen molar-refractivity contribution in [2.75, 3.05) is 6.54 Å². The second-order valence-corrected chi connectivity index (χ2v) is 3.23. The Labute approximate surface area is 66.4 Å². The van der Waals surface area contributed by atoms with E-state index in [0.29, 0.717) is 6.54 Å². The molecule has 0 aliphatic rings. The van der Waals surface area contributed by atoms with Crippen molar-refractivity contribution < 1.29 is 10.2 Å². The van der Waals surface area contributed by atoms with E-state index in [-0.39, 0.29) is 10.5 Å². The van der Waals surface area contributed by atoms with Crippen molar-refractivity contribution in [3.05, 3.63) is 5.21 Å². The molecular formula is C6H15N3O2. The summed E-state index contributed by atoms with van der Waals surface area (Å²) in [7, 11) is 0. The molecule has 0 saturated heterocycles. The van der Waals surface area contributed by atoms with Gasteiger partial charge in [0.05, 0.1) is 17.1 Å². The highest BCUT2D eigenvalue weighted by Gasteiger charge is 2.26. The third-order valence-corrected chi connectivity index (χ3v) is 1.36. The van der Waals surface area contributed by atoms with Gasteiger partial charge in [0, 0.05) is 0 Å². The summed E-state index contributed by atoms with van der Waals surface area (Å²) in [4.78, 5) is 0.194. The Bertz CT molecular complexity index is 150. The summed E-state index contributed by atoms with van der Waals surface area (Å²) >= 11 is 0. The summed E-state index contributed by atoms with van der Waals surface area (Å²) in [6.07, 6.45) is 0. The van der Waals surface area contributed by atoms with Crippen molar-refractivity contribution in [3.63, 3.8) is 0 Å². The quantitative estimate of drug-likeness (QED) is 0.378. The molecule has 66 valence electrons. The summed E-state index contributed by atoms with van der Waals surface area (Å²) in [5.74, 6) is 0. The van der Waals surface area contributed by atoms with Gasteiger partial charge in [-0.25, -0.2) is 0 Å². The van der Waals surface area contributed by atoms with Crippen LogP contribution in [0.25, 0.3) is 0 Å². The van der Waals surface area contributed by atoms with Crippen molar-refractivity contribution in [3.8, 4) is 0 Å². The van der Waals surface area contributed by atoms with Crippen LogP contribution in [0, 0.1) is 5.21 Å². The zero-order valence-corrected chi connectivity index (χ0v) is 7.40. The molecule has 0 rings (SSSR count). The standard InChI is InChI=1S/C6H15N3O2/c1-5-8(6(2,3)4)9(11)7-10/h10H,5H2,1-4H3/b9-7-. The molecular weight excluding hydrogens is 146 g/mol. The van der Waals surface area contributed by atoms with Gasteiger partial charge in [0.2, 0.25) is 5.28 Å². The van der Waals surface area contributed by atoms with Crippen LogP contribution in [0.1, 0.15) is 27.7 Å². The van der Waals surface area contributed by atoms with Crippen molar-refractivity contribution >= 4 is 0 Å². The number of hydrazine groups is 1. The molecule has 0 aliphatic heterocycles. The fraction of sp³-hybridized carbons (Fsp3) is 1.00. The van der Waals surface area contributed by atoms with E-state index in [1.165, 1.54) is 5.01 Å². The first kappa shape index (κ1) is 10.0. The molecule has 0 radical (unpaired) electrons. The normalized spacial score (nSPS) is 13.3. The molecule has 0 aromatic rings. The third-order valence-electron chi connectivity index (χ3n) is 1.36. The van der Waals surface area contributed by atoms with Crippen LogP contribution >= 0.6 is 0 Å². The van der Waals surface area contributed by atoms with Crippen LogP contribution in [0.5, 0.6) is 0 Å². The fourth-order valence-electron chi connectivity index (χ4n) is 0.900. The molecule has 5 heteroatoms. The molecule has 0 bridgehead atoms. The van der Waals surface area contributed by atoms with Crippen LogP contribution in [0.2, 0.25) is 0 Å². The Morgan fingerprint density at radius 2 is 2.00 bits per heavy atom. The molecule has 11 heavy (non-hydrogen) atoms. The maximum Gasteiger partial charge on any atom is 0.230 e. The second kappa shape index (κ2) is 3.41. The van der Waals surface area contributed by atoms with E-state index < -0.39 is 0 Å². The summed E-state index contributed by atoms with van der Waals surface area (Å²) < 4.78 is 0. The molecule has 0 unspecified atom stereocenters. The molecule has 0 atom stereocenters. The van der Waals surface area contributed by atoms with Crippen LogP contribution < -0.4 is 0 Å². The molecule has 0 saturated carbocycles. The van der Waals surface area contributed by atoms with Gasteiger partial charge in [-0.3, -0.25) is 0 Å². The zero-order chi connectivity index (χ0) is 9.07. The highest BCUT2D eigenvalue weighted by Crippen LogP contribution is 2.12. The van der Waals surface area contributed by atoms with Crippen LogP contribution in [0.15, 0.2) is 5.28 Å². The fourth-order valence-corrected chi connectivity index (χ4v) is 0.900. The maximum atomic E-state index is 10.8. The minimum Gasteiger partial charge on any atom is -0.569 e. The van der Waals surface area contributed by atoms with Gasteiger partial charge in [-0.2, -0.15) is 0 Å². The molecule has 0 aliphatic carbocycles. The van der Waals surface area contributed by atoms with E-state index in [0.717, 1.165) is 0 Å². The highest BCUT2D eigenvalue weighted by atomic mass is 16.6. The average molecular weight is 161 g/mol. The first-order valence-corrected chi connectivity index (χ1v) is 3.53. The summed E-state index contributed by atoms with van der Waals surface area (Å²) in [6, 6.07) is 0. The van der Waals surface area contributed by atoms with Gasteiger partial charge in [0.15, 0.2) is 0 Å². The Balaban J connectivity index is 4.42. The largest absolute Gasteiger partial charge is 0.569 e. The monoisotopic (exact) mass is 161 g/mol. The predicted molar refractivity (Wildman–Crippen MR) is 40.0 cm³/mol. The molecule has 0 aromatic carbocycles. The van der Waals surface area contributed by atoms with Crippen LogP contribution in [-0.4, -0.2) is 27.3 Å². The van der Waals surface area contributed by atoms with Crippen molar-refractivity contribution in [2.24, 2.45) is 5.28 Å². The topological polar surface area (TPSA) is 61.9 Å². The predicted octanol–water partition coefficient (Wildman–Crippen LogP) is 1.37. The lowest BCUT2D eigenvalue weighted by atomic mass is 10.1. The van der Waals surface area contributed by atoms with E-state index in [1.54, 1.807) is 0 Å². The third kappa shape index (κ3) is 2.61. The van der Waals surface area contributed by atoms with Gasteiger partial charge in [-0.15, -0.1) is 5.01 Å². The summed E-state index contributed by atoms with van der Waals surface area (Å²) in [5, 5.41) is 22.9. The SMILES string of the molecule is CCN(/[N+]([O-])=N/O)C(C)(C)C. The van der Waals surface area contributed by atoms with Gasteiger partial charge in [0.1, 0.15) is 0 Å². The van der Waals surface area contributed by atoms with Gasteiger partial charge in [-0.1, -0.05) is 0 Å². The van der Waals surface area contributed by atoms with Gasteiger partial charge in [-0.05, 0) is 27.7 Å². The Hall–Kier alpha value is -1.00. The van der Waals surface area contributed by atoms with E-state index in [4.69, 9.17) is 5.21 Å². The lowest BCUT2D eigenvalue weighted by molar-refractivity contribution is -0.723. The summed E-state index contributed by atoms with van der Waals surface area (Å²) in [6.45, 7) is 7.93. The maximum absolute atomic E-state index is 10.8. The Morgan fingerprint density at radius 1 is 1.55 bits per heavy atom. The lowest BCUT2D eigenvalue weighted by Crippen LogP contribution is -2.45. The van der Waals surface area contributed by atoms with E-state index in [1.807, 2.05) is 27.7 Å². The molecule has 0 amide bonds. The van der Waals surface area contributed by atoms with Crippen LogP contribution in [-0.2, 0) is 0 Å². The molecule has 0 spiro atoms. The van der Waals surface area contributed by atoms with Crippen LogP contribution in [0.3, 0.4) is 0 Å². The first-order chi connectivity index (χ1) is 4.93. The molecule has 0 heterocycles. The molecule has 0 fully saturated rings. The number of nitrogens with zero attached hydrogens (tertiary/aromatic N) is 3. The zero-order valence-electron chi connectivity index (χ0n) is 7.40. The highest BCUT2D eigenvalue weighted by molar-refractivity contribution is 4.67. The molecule has 5 nitrogen and oxygen atoms in total. The molecule has 0 aromatic heterocycles. The number of hydrogen-bond acceptors (Lipinski definition) is 2. The minimum absolute atomic E-state index is 0.194. The lowest BCUT2D eigenvalue weighted by Gasteiger charge is -2.28. The van der Waals surface area contributed by atoms with E-state index in [2.05, 4.69) is 5.28 Å². The number of rotatable bonds is 2. The van der Waals surface area contributed by atoms with Gasteiger partial charge >= 0.3 is 0 Å². The van der Waals surface area contributed by atoms with E-state index in [9.17, 15) is 5.21 Å². The Morgan fingerprint density at radius 3 is 2.09 bits per heavy atom. The van der Waals surface area contributed by atoms with Crippen molar-refractivity contribution in [1.82, 2.24) is 5.01 Å².